The summed E-state index contributed by atoms with van der Waals surface area (Å²) in [6, 6.07) is 6.02. The van der Waals surface area contributed by atoms with Gasteiger partial charge in [0.1, 0.15) is 0 Å². The van der Waals surface area contributed by atoms with Crippen molar-refractivity contribution in [3.63, 3.8) is 0 Å². The molecule has 1 aromatic rings. The third-order valence-electron chi connectivity index (χ3n) is 2.97. The van der Waals surface area contributed by atoms with Gasteiger partial charge in [0.15, 0.2) is 0 Å². The van der Waals surface area contributed by atoms with E-state index in [1.807, 2.05) is 6.07 Å². The van der Waals surface area contributed by atoms with Crippen LogP contribution in [0.3, 0.4) is 0 Å². The van der Waals surface area contributed by atoms with Crippen molar-refractivity contribution in [2.24, 2.45) is 0 Å². The monoisotopic (exact) mass is 320 g/mol. The van der Waals surface area contributed by atoms with E-state index in [0.717, 1.165) is 6.07 Å². The Morgan fingerprint density at radius 3 is 2.57 bits per heavy atom. The number of ether oxygens (including phenoxy) is 1. The van der Waals surface area contributed by atoms with Gasteiger partial charge in [-0.1, -0.05) is 6.07 Å². The summed E-state index contributed by atoms with van der Waals surface area (Å²) in [5.74, 6) is -0.203. The van der Waals surface area contributed by atoms with Gasteiger partial charge in [-0.15, -0.1) is 11.6 Å². The predicted octanol–water partition coefficient (Wildman–Crippen LogP) is 3.81. The highest BCUT2D eigenvalue weighted by molar-refractivity contribution is 6.17. The number of rotatable bonds is 7. The Kier molecular flexibility index (Phi) is 6.79. The minimum atomic E-state index is -4.46. The third-order valence-corrected chi connectivity index (χ3v) is 3.25. The lowest BCUT2D eigenvalue weighted by Gasteiger charge is -2.25. The Hall–Kier alpha value is -1.45. The molecule has 0 aliphatic carbocycles. The van der Waals surface area contributed by atoms with E-state index in [1.54, 1.807) is 11.0 Å². The summed E-state index contributed by atoms with van der Waals surface area (Å²) in [7, 11) is 1.51. The van der Waals surface area contributed by atoms with E-state index < -0.39 is 11.7 Å². The maximum Gasteiger partial charge on any atom is 0.416 e. The number of hydrogen-bond acceptors (Lipinski definition) is 3. The van der Waals surface area contributed by atoms with Crippen LogP contribution in [0.4, 0.5) is 18.9 Å². The van der Waals surface area contributed by atoms with Crippen molar-refractivity contribution < 1.29 is 17.9 Å². The molecule has 0 saturated heterocycles. The van der Waals surface area contributed by atoms with Crippen LogP contribution in [0.1, 0.15) is 17.5 Å². The molecule has 0 heterocycles. The minimum Gasteiger partial charge on any atom is -0.383 e. The Labute approximate surface area is 126 Å². The first kappa shape index (κ1) is 17.6. The van der Waals surface area contributed by atoms with Gasteiger partial charge in [0.2, 0.25) is 0 Å². The number of hydrogen-bond donors (Lipinski definition) is 0. The van der Waals surface area contributed by atoms with Gasteiger partial charge in [-0.05, 0) is 17.7 Å². The number of alkyl halides is 4. The Bertz CT molecular complexity index is 500. The molecule has 0 fully saturated rings. The van der Waals surface area contributed by atoms with Crippen LogP contribution in [0.5, 0.6) is 0 Å². The van der Waals surface area contributed by atoms with Crippen molar-refractivity contribution in [1.82, 2.24) is 0 Å². The van der Waals surface area contributed by atoms with Crippen molar-refractivity contribution in [2.75, 3.05) is 31.7 Å². The summed E-state index contributed by atoms with van der Waals surface area (Å²) in [5, 5.41) is 8.65. The molecule has 0 aromatic heterocycles. The predicted molar refractivity (Wildman–Crippen MR) is 75.3 cm³/mol. The van der Waals surface area contributed by atoms with E-state index in [1.165, 1.54) is 13.2 Å². The van der Waals surface area contributed by atoms with E-state index in [2.05, 4.69) is 0 Å². The van der Waals surface area contributed by atoms with Crippen LogP contribution in [0.2, 0.25) is 0 Å². The van der Waals surface area contributed by atoms with Crippen molar-refractivity contribution in [3.05, 3.63) is 29.3 Å². The topological polar surface area (TPSA) is 36.3 Å². The van der Waals surface area contributed by atoms with Crippen LogP contribution in [-0.2, 0) is 16.8 Å². The lowest BCUT2D eigenvalue weighted by molar-refractivity contribution is -0.138. The van der Waals surface area contributed by atoms with Crippen molar-refractivity contribution in [2.45, 2.75) is 18.5 Å². The summed E-state index contributed by atoms with van der Waals surface area (Å²) in [4.78, 5) is 1.69. The van der Waals surface area contributed by atoms with Gasteiger partial charge >= 0.3 is 6.18 Å². The smallest absolute Gasteiger partial charge is 0.383 e. The molecule has 0 radical (unpaired) electrons. The van der Waals surface area contributed by atoms with E-state index in [0.29, 0.717) is 25.4 Å². The normalized spacial score (nSPS) is 11.2. The average molecular weight is 321 g/mol. The fourth-order valence-electron chi connectivity index (χ4n) is 1.90. The van der Waals surface area contributed by atoms with Gasteiger partial charge < -0.3 is 9.64 Å². The fourth-order valence-corrected chi connectivity index (χ4v) is 2.13. The molecule has 3 nitrogen and oxygen atoms in total. The molecular weight excluding hydrogens is 305 g/mol. The number of benzene rings is 1. The van der Waals surface area contributed by atoms with E-state index in [4.69, 9.17) is 21.6 Å². The SMILES string of the molecule is COCCN(CCC#N)c1ccc(CCl)c(C(F)(F)F)c1. The van der Waals surface area contributed by atoms with Gasteiger partial charge in [-0.2, -0.15) is 18.4 Å². The number of nitrogens with zero attached hydrogens (tertiary/aromatic N) is 2. The number of halogens is 4. The first-order valence-corrected chi connectivity index (χ1v) is 6.84. The van der Waals surface area contributed by atoms with Gasteiger partial charge in [0.25, 0.3) is 0 Å². The zero-order valence-electron chi connectivity index (χ0n) is 11.6. The zero-order chi connectivity index (χ0) is 15.9. The molecule has 0 unspecified atom stereocenters. The van der Waals surface area contributed by atoms with E-state index >= 15 is 0 Å². The second-order valence-corrected chi connectivity index (χ2v) is 4.63. The Balaban J connectivity index is 3.10. The van der Waals surface area contributed by atoms with Crippen LogP contribution in [0, 0.1) is 11.3 Å². The summed E-state index contributed by atoms with van der Waals surface area (Å²) < 4.78 is 44.0. The molecule has 1 rings (SSSR count). The Morgan fingerprint density at radius 2 is 2.05 bits per heavy atom. The highest BCUT2D eigenvalue weighted by atomic mass is 35.5. The van der Waals surface area contributed by atoms with Gasteiger partial charge in [-0.25, -0.2) is 0 Å². The number of methoxy groups -OCH3 is 1. The maximum atomic E-state index is 13.0. The molecule has 0 aliphatic rings. The molecule has 0 spiro atoms. The van der Waals surface area contributed by atoms with Crippen LogP contribution < -0.4 is 4.90 Å². The summed E-state index contributed by atoms with van der Waals surface area (Å²) in [5.41, 5.74) is -0.294. The van der Waals surface area contributed by atoms with Gasteiger partial charge in [0.05, 0.1) is 24.7 Å². The quantitative estimate of drug-likeness (QED) is 0.717. The van der Waals surface area contributed by atoms with Crippen molar-refractivity contribution in [1.29, 1.82) is 5.26 Å². The molecule has 0 saturated carbocycles. The largest absolute Gasteiger partial charge is 0.416 e. The maximum absolute atomic E-state index is 13.0. The van der Waals surface area contributed by atoms with E-state index in [9.17, 15) is 13.2 Å². The standard InChI is InChI=1S/C14H16ClF3N2O/c1-21-8-7-20(6-2-5-19)12-4-3-11(10-15)13(9-12)14(16,17)18/h3-4,9H,2,6-8,10H2,1H3. The van der Waals surface area contributed by atoms with Crippen LogP contribution in [-0.4, -0.2) is 26.8 Å². The minimum absolute atomic E-state index is 0.0416. The summed E-state index contributed by atoms with van der Waals surface area (Å²) in [6.07, 6.45) is -4.23. The number of anilines is 1. The van der Waals surface area contributed by atoms with Crippen LogP contribution in [0.25, 0.3) is 0 Å². The lowest BCUT2D eigenvalue weighted by atomic mass is 10.1. The first-order chi connectivity index (χ1) is 9.93. The highest BCUT2D eigenvalue weighted by Crippen LogP contribution is 2.35. The van der Waals surface area contributed by atoms with Crippen LogP contribution in [0.15, 0.2) is 18.2 Å². The highest BCUT2D eigenvalue weighted by Gasteiger charge is 2.33. The molecule has 0 aliphatic heterocycles. The average Bonchev–Trinajstić information content (AvgIpc) is 2.46. The summed E-state index contributed by atoms with van der Waals surface area (Å²) >= 11 is 5.56. The second kappa shape index (κ2) is 8.11. The molecule has 21 heavy (non-hydrogen) atoms. The fraction of sp³-hybridized carbons (Fsp3) is 0.500. The zero-order valence-corrected chi connectivity index (χ0v) is 12.3. The Morgan fingerprint density at radius 1 is 1.33 bits per heavy atom. The van der Waals surface area contributed by atoms with Crippen LogP contribution >= 0.6 is 11.6 Å². The molecule has 116 valence electrons. The molecule has 0 atom stereocenters. The molecule has 0 bridgehead atoms. The van der Waals surface area contributed by atoms with Gasteiger partial charge in [0, 0.05) is 31.8 Å². The molecule has 0 N–H and O–H groups in total. The van der Waals surface area contributed by atoms with E-state index in [-0.39, 0.29) is 17.9 Å². The molecule has 1 aromatic carbocycles. The third kappa shape index (κ3) is 5.10. The van der Waals surface area contributed by atoms with Crippen molar-refractivity contribution >= 4 is 17.3 Å². The molecule has 7 heteroatoms. The second-order valence-electron chi connectivity index (χ2n) is 4.36. The summed E-state index contributed by atoms with van der Waals surface area (Å²) in [6.45, 7) is 1.12. The molecular formula is C14H16ClF3N2O. The lowest BCUT2D eigenvalue weighted by Crippen LogP contribution is -2.28. The number of nitriles is 1. The first-order valence-electron chi connectivity index (χ1n) is 6.31. The van der Waals surface area contributed by atoms with Gasteiger partial charge in [-0.3, -0.25) is 0 Å². The van der Waals surface area contributed by atoms with Crippen molar-refractivity contribution in [3.8, 4) is 6.07 Å². The molecule has 0 amide bonds.